The highest BCUT2D eigenvalue weighted by molar-refractivity contribution is 5.94. The van der Waals surface area contributed by atoms with Crippen molar-refractivity contribution in [1.82, 2.24) is 10.2 Å². The largest absolute Gasteiger partial charge is 0.379 e. The molecule has 0 spiro atoms. The second kappa shape index (κ2) is 7.46. The summed E-state index contributed by atoms with van der Waals surface area (Å²) in [5.41, 5.74) is 3.94. The topological polar surface area (TPSA) is 61.0 Å². The van der Waals surface area contributed by atoms with Crippen LogP contribution in [0.5, 0.6) is 0 Å². The van der Waals surface area contributed by atoms with E-state index in [-0.39, 0.29) is 5.91 Å². The van der Waals surface area contributed by atoms with E-state index < -0.39 is 0 Å². The predicted molar refractivity (Wildman–Crippen MR) is 95.9 cm³/mol. The fourth-order valence-corrected chi connectivity index (χ4v) is 2.41. The van der Waals surface area contributed by atoms with E-state index in [0.29, 0.717) is 13.0 Å². The highest BCUT2D eigenvalue weighted by atomic mass is 16.2. The first kappa shape index (κ1) is 15.8. The Morgan fingerprint density at radius 1 is 1.08 bits per heavy atom. The summed E-state index contributed by atoms with van der Waals surface area (Å²) in [4.78, 5) is 14.1. The van der Waals surface area contributed by atoms with Gasteiger partial charge >= 0.3 is 0 Å². The van der Waals surface area contributed by atoms with Gasteiger partial charge in [0.2, 0.25) is 5.91 Å². The number of likely N-dealkylation sites (N-methyl/N-ethyl adjacent to an activating group) is 1. The summed E-state index contributed by atoms with van der Waals surface area (Å²) in [7, 11) is 1.80. The van der Waals surface area contributed by atoms with Crippen molar-refractivity contribution < 1.29 is 4.79 Å². The van der Waals surface area contributed by atoms with Crippen molar-refractivity contribution in [2.45, 2.75) is 13.0 Å². The molecule has 1 amide bonds. The maximum atomic E-state index is 12.4. The average molecular weight is 320 g/mol. The van der Waals surface area contributed by atoms with Crippen LogP contribution in [0.2, 0.25) is 0 Å². The molecule has 0 bridgehead atoms. The highest BCUT2D eigenvalue weighted by Gasteiger charge is 2.11. The second-order valence-corrected chi connectivity index (χ2v) is 5.60. The number of anilines is 2. The average Bonchev–Trinajstić information content (AvgIpc) is 3.15. The van der Waals surface area contributed by atoms with Crippen LogP contribution < -0.4 is 10.2 Å². The van der Waals surface area contributed by atoms with Gasteiger partial charge in [0.25, 0.3) is 0 Å². The van der Waals surface area contributed by atoms with Crippen LogP contribution in [-0.2, 0) is 17.8 Å². The molecule has 2 N–H and O–H groups in total. The van der Waals surface area contributed by atoms with Crippen LogP contribution in [0.3, 0.4) is 0 Å². The van der Waals surface area contributed by atoms with Crippen molar-refractivity contribution in [1.29, 1.82) is 0 Å². The SMILES string of the molecule is CN(C(=O)Cc1ccc(NCc2ccn[nH]2)cc1)c1ccccc1. The van der Waals surface area contributed by atoms with Crippen molar-refractivity contribution in [3.05, 3.63) is 78.1 Å². The number of hydrogen-bond acceptors (Lipinski definition) is 3. The molecule has 0 saturated carbocycles. The fourth-order valence-electron chi connectivity index (χ4n) is 2.41. The third-order valence-corrected chi connectivity index (χ3v) is 3.87. The van der Waals surface area contributed by atoms with Crippen LogP contribution >= 0.6 is 0 Å². The summed E-state index contributed by atoms with van der Waals surface area (Å²) < 4.78 is 0. The molecule has 0 radical (unpaired) electrons. The zero-order valence-corrected chi connectivity index (χ0v) is 13.6. The normalized spacial score (nSPS) is 10.4. The predicted octanol–water partition coefficient (Wildman–Crippen LogP) is 3.23. The van der Waals surface area contributed by atoms with Crippen LogP contribution in [0.25, 0.3) is 0 Å². The molecule has 0 unspecified atom stereocenters. The number of H-pyrrole nitrogens is 1. The first-order chi connectivity index (χ1) is 11.7. The minimum absolute atomic E-state index is 0.0689. The van der Waals surface area contributed by atoms with Gasteiger partial charge in [0.15, 0.2) is 0 Å². The highest BCUT2D eigenvalue weighted by Crippen LogP contribution is 2.15. The molecule has 0 fully saturated rings. The maximum absolute atomic E-state index is 12.4. The standard InChI is InChI=1S/C19H20N4O/c1-23(18-5-3-2-4-6-18)19(24)13-15-7-9-16(10-8-15)20-14-17-11-12-21-22-17/h2-12,20H,13-14H2,1H3,(H,21,22). The van der Waals surface area contributed by atoms with Gasteiger partial charge in [0.05, 0.1) is 18.7 Å². The van der Waals surface area contributed by atoms with Crippen LogP contribution in [-0.4, -0.2) is 23.2 Å². The van der Waals surface area contributed by atoms with Gasteiger partial charge in [-0.05, 0) is 35.9 Å². The van der Waals surface area contributed by atoms with E-state index in [1.807, 2.05) is 60.7 Å². The summed E-state index contributed by atoms with van der Waals surface area (Å²) in [5.74, 6) is 0.0689. The van der Waals surface area contributed by atoms with Gasteiger partial charge in [-0.2, -0.15) is 5.10 Å². The lowest BCUT2D eigenvalue weighted by Crippen LogP contribution is -2.27. The minimum Gasteiger partial charge on any atom is -0.379 e. The fraction of sp³-hybridized carbons (Fsp3) is 0.158. The smallest absolute Gasteiger partial charge is 0.231 e. The number of aromatic amines is 1. The summed E-state index contributed by atoms with van der Waals surface area (Å²) in [5, 5.41) is 10.1. The molecule has 0 aliphatic heterocycles. The molecule has 5 nitrogen and oxygen atoms in total. The lowest BCUT2D eigenvalue weighted by atomic mass is 10.1. The lowest BCUT2D eigenvalue weighted by Gasteiger charge is -2.17. The second-order valence-electron chi connectivity index (χ2n) is 5.60. The van der Waals surface area contributed by atoms with Crippen molar-refractivity contribution in [3.8, 4) is 0 Å². The van der Waals surface area contributed by atoms with Gasteiger partial charge in [0.1, 0.15) is 0 Å². The molecule has 2 aromatic carbocycles. The molecule has 1 aromatic heterocycles. The van der Waals surface area contributed by atoms with Crippen molar-refractivity contribution >= 4 is 17.3 Å². The van der Waals surface area contributed by atoms with E-state index in [1.54, 1.807) is 18.1 Å². The van der Waals surface area contributed by atoms with Crippen LogP contribution in [0.4, 0.5) is 11.4 Å². The Bertz CT molecular complexity index is 767. The summed E-state index contributed by atoms with van der Waals surface area (Å²) >= 11 is 0. The van der Waals surface area contributed by atoms with E-state index in [0.717, 1.165) is 22.6 Å². The molecule has 5 heteroatoms. The Labute approximate surface area is 141 Å². The minimum atomic E-state index is 0.0689. The number of nitrogens with zero attached hydrogens (tertiary/aromatic N) is 2. The van der Waals surface area contributed by atoms with Gasteiger partial charge in [0, 0.05) is 24.6 Å². The van der Waals surface area contributed by atoms with Gasteiger partial charge in [-0.1, -0.05) is 30.3 Å². The summed E-state index contributed by atoms with van der Waals surface area (Å²) in [6.07, 6.45) is 2.11. The maximum Gasteiger partial charge on any atom is 0.231 e. The van der Waals surface area contributed by atoms with E-state index >= 15 is 0 Å². The van der Waals surface area contributed by atoms with Crippen LogP contribution in [0, 0.1) is 0 Å². The third-order valence-electron chi connectivity index (χ3n) is 3.87. The molecular formula is C19H20N4O. The van der Waals surface area contributed by atoms with E-state index in [9.17, 15) is 4.79 Å². The number of amides is 1. The van der Waals surface area contributed by atoms with Gasteiger partial charge in [-0.15, -0.1) is 0 Å². The van der Waals surface area contributed by atoms with E-state index in [2.05, 4.69) is 15.5 Å². The number of rotatable bonds is 6. The Morgan fingerprint density at radius 3 is 2.50 bits per heavy atom. The van der Waals surface area contributed by atoms with Gasteiger partial charge in [-0.3, -0.25) is 9.89 Å². The molecule has 0 aliphatic rings. The Kier molecular flexibility index (Phi) is 4.91. The molecule has 0 saturated heterocycles. The molecule has 0 aliphatic carbocycles. The summed E-state index contributed by atoms with van der Waals surface area (Å²) in [6.45, 7) is 0.690. The number of benzene rings is 2. The Balaban J connectivity index is 1.56. The number of aromatic nitrogens is 2. The van der Waals surface area contributed by atoms with E-state index in [4.69, 9.17) is 0 Å². The number of para-hydroxylation sites is 1. The van der Waals surface area contributed by atoms with Gasteiger partial charge in [-0.25, -0.2) is 0 Å². The molecule has 3 aromatic rings. The van der Waals surface area contributed by atoms with Crippen molar-refractivity contribution in [3.63, 3.8) is 0 Å². The number of carbonyl (C=O) groups is 1. The first-order valence-corrected chi connectivity index (χ1v) is 7.85. The first-order valence-electron chi connectivity index (χ1n) is 7.85. The Hall–Kier alpha value is -3.08. The molecule has 0 atom stereocenters. The molecule has 122 valence electrons. The molecular weight excluding hydrogens is 300 g/mol. The number of hydrogen-bond donors (Lipinski definition) is 2. The molecule has 24 heavy (non-hydrogen) atoms. The monoisotopic (exact) mass is 320 g/mol. The summed E-state index contributed by atoms with van der Waals surface area (Å²) in [6, 6.07) is 19.5. The third kappa shape index (κ3) is 4.01. The lowest BCUT2D eigenvalue weighted by molar-refractivity contribution is -0.117. The van der Waals surface area contributed by atoms with Crippen LogP contribution in [0.1, 0.15) is 11.3 Å². The molecule has 3 rings (SSSR count). The van der Waals surface area contributed by atoms with Crippen molar-refractivity contribution in [2.24, 2.45) is 0 Å². The Morgan fingerprint density at radius 2 is 1.83 bits per heavy atom. The van der Waals surface area contributed by atoms with Crippen molar-refractivity contribution in [2.75, 3.05) is 17.3 Å². The number of nitrogens with one attached hydrogen (secondary N) is 2. The zero-order valence-electron chi connectivity index (χ0n) is 13.6. The number of carbonyl (C=O) groups excluding carboxylic acids is 1. The zero-order chi connectivity index (χ0) is 16.8. The quantitative estimate of drug-likeness (QED) is 0.733. The van der Waals surface area contributed by atoms with Crippen LogP contribution in [0.15, 0.2) is 66.9 Å². The van der Waals surface area contributed by atoms with E-state index in [1.165, 1.54) is 0 Å². The molecule has 1 heterocycles. The van der Waals surface area contributed by atoms with Gasteiger partial charge < -0.3 is 10.2 Å².